The second-order valence-electron chi connectivity index (χ2n) is 9.05. The van der Waals surface area contributed by atoms with Crippen LogP contribution in [0, 0.1) is 5.82 Å². The van der Waals surface area contributed by atoms with Crippen molar-refractivity contribution in [2.75, 3.05) is 0 Å². The van der Waals surface area contributed by atoms with Gasteiger partial charge in [-0.15, -0.1) is 0 Å². The predicted molar refractivity (Wildman–Crippen MR) is 121 cm³/mol. The van der Waals surface area contributed by atoms with Gasteiger partial charge in [0, 0.05) is 36.7 Å². The number of hydrogen-bond acceptors (Lipinski definition) is 3. The van der Waals surface area contributed by atoms with Crippen molar-refractivity contribution in [3.05, 3.63) is 77.1 Å². The highest BCUT2D eigenvalue weighted by Gasteiger charge is 2.50. The molecule has 3 atom stereocenters. The Morgan fingerprint density at radius 1 is 1.22 bits per heavy atom. The van der Waals surface area contributed by atoms with E-state index in [1.807, 2.05) is 36.4 Å². The lowest BCUT2D eigenvalue weighted by Crippen LogP contribution is -2.55. The molecule has 2 fully saturated rings. The van der Waals surface area contributed by atoms with Crippen molar-refractivity contribution in [3.8, 4) is 0 Å². The summed E-state index contributed by atoms with van der Waals surface area (Å²) in [4.78, 5) is 25.5. The van der Waals surface area contributed by atoms with Crippen LogP contribution in [0.5, 0.6) is 0 Å². The van der Waals surface area contributed by atoms with Gasteiger partial charge in [0.1, 0.15) is 5.82 Å². The van der Waals surface area contributed by atoms with E-state index in [4.69, 9.17) is 5.11 Å². The number of aliphatic carboxylic acids is 1. The molecule has 0 saturated carbocycles. The van der Waals surface area contributed by atoms with Gasteiger partial charge in [0.05, 0.1) is 5.54 Å². The maximum Gasteiger partial charge on any atom is 0.328 e. The van der Waals surface area contributed by atoms with Gasteiger partial charge in [-0.1, -0.05) is 48.9 Å². The lowest BCUT2D eigenvalue weighted by Gasteiger charge is -2.38. The second-order valence-corrected chi connectivity index (χ2v) is 9.05. The third-order valence-corrected chi connectivity index (χ3v) is 6.74. The van der Waals surface area contributed by atoms with Crippen LogP contribution in [-0.4, -0.2) is 33.5 Å². The molecule has 0 spiro atoms. The van der Waals surface area contributed by atoms with Gasteiger partial charge in [-0.2, -0.15) is 0 Å². The fourth-order valence-electron chi connectivity index (χ4n) is 5.23. The lowest BCUT2D eigenvalue weighted by atomic mass is 9.85. The minimum atomic E-state index is -0.982. The quantitative estimate of drug-likeness (QED) is 0.668. The summed E-state index contributed by atoms with van der Waals surface area (Å²) in [6.07, 6.45) is 6.65. The predicted octanol–water partition coefficient (Wildman–Crippen LogP) is 4.69. The number of fused-ring (bicyclic) bond motifs is 1. The third kappa shape index (κ3) is 4.75. The zero-order chi connectivity index (χ0) is 22.7. The first kappa shape index (κ1) is 22.2. The molecule has 6 heteroatoms. The molecule has 168 valence electrons. The zero-order valence-corrected chi connectivity index (χ0v) is 18.3. The number of carboxylic acid groups (broad SMARTS) is 1. The van der Waals surface area contributed by atoms with Gasteiger partial charge >= 0.3 is 5.97 Å². The van der Waals surface area contributed by atoms with Crippen molar-refractivity contribution in [1.29, 1.82) is 0 Å². The Morgan fingerprint density at radius 2 is 1.97 bits per heavy atom. The molecule has 2 N–H and O–H groups in total. The van der Waals surface area contributed by atoms with E-state index in [9.17, 15) is 14.0 Å². The molecule has 2 aromatic rings. The number of carboxylic acids is 1. The number of likely N-dealkylation sites (tertiary alicyclic amines) is 1. The molecule has 0 bridgehead atoms. The van der Waals surface area contributed by atoms with Crippen LogP contribution in [0.15, 0.2) is 54.6 Å². The molecule has 1 amide bonds. The first-order chi connectivity index (χ1) is 15.4. The van der Waals surface area contributed by atoms with E-state index >= 15 is 0 Å². The fraction of sp³-hybridized carbons (Fsp3) is 0.385. The molecule has 2 heterocycles. The summed E-state index contributed by atoms with van der Waals surface area (Å²) in [5, 5.41) is 12.1. The second kappa shape index (κ2) is 9.25. The molecule has 2 aromatic carbocycles. The first-order valence-corrected chi connectivity index (χ1v) is 11.2. The lowest BCUT2D eigenvalue weighted by molar-refractivity contribution is -0.131. The molecule has 4 rings (SSSR count). The summed E-state index contributed by atoms with van der Waals surface area (Å²) in [5.41, 5.74) is 2.12. The Labute approximate surface area is 187 Å². The minimum absolute atomic E-state index is 0.0703. The number of amides is 1. The summed E-state index contributed by atoms with van der Waals surface area (Å²) < 4.78 is 14.8. The van der Waals surface area contributed by atoms with E-state index in [1.54, 1.807) is 12.1 Å². The van der Waals surface area contributed by atoms with E-state index in [0.717, 1.165) is 36.5 Å². The summed E-state index contributed by atoms with van der Waals surface area (Å²) in [6, 6.07) is 14.6. The van der Waals surface area contributed by atoms with E-state index in [1.165, 1.54) is 6.07 Å². The standard InChI is InChI=1S/C26H29FN2O3/c1-26-16-22(20-6-2-3-7-21(20)27)29(23(26)8-4-5-9-24(30)28-26)17-19-12-10-18(11-13-19)14-15-25(31)32/h2-3,6-7,10-15,22-23H,4-5,8-9,16-17H2,1H3,(H,28,30)(H,31,32)/b15-14+/t22-,23-,26-/m0/s1. The Balaban J connectivity index is 1.66. The normalized spacial score (nSPS) is 26.4. The Bertz CT molecular complexity index is 1020. The molecule has 0 aliphatic carbocycles. The highest BCUT2D eigenvalue weighted by atomic mass is 19.1. The largest absolute Gasteiger partial charge is 0.478 e. The number of hydrogen-bond donors (Lipinski definition) is 2. The smallest absolute Gasteiger partial charge is 0.328 e. The molecular formula is C26H29FN2O3. The number of carbonyl (C=O) groups excluding carboxylic acids is 1. The molecular weight excluding hydrogens is 407 g/mol. The SMILES string of the molecule is C[C@]12C[C@@H](c3ccccc3F)N(Cc3ccc(/C=C/C(=O)O)cc3)[C@H]1CCCCC(=O)N2. The maximum absolute atomic E-state index is 14.8. The molecule has 0 radical (unpaired) electrons. The summed E-state index contributed by atoms with van der Waals surface area (Å²) in [5.74, 6) is -1.13. The summed E-state index contributed by atoms with van der Waals surface area (Å²) >= 11 is 0. The average molecular weight is 437 g/mol. The van der Waals surface area contributed by atoms with Crippen LogP contribution in [0.1, 0.15) is 61.8 Å². The summed E-state index contributed by atoms with van der Waals surface area (Å²) in [7, 11) is 0. The number of nitrogens with one attached hydrogen (secondary N) is 1. The Kier molecular flexibility index (Phi) is 6.42. The maximum atomic E-state index is 14.8. The van der Waals surface area contributed by atoms with E-state index in [-0.39, 0.29) is 23.8 Å². The van der Waals surface area contributed by atoms with E-state index < -0.39 is 11.5 Å². The number of carbonyl (C=O) groups is 2. The van der Waals surface area contributed by atoms with Gasteiger partial charge in [-0.25, -0.2) is 9.18 Å². The number of benzene rings is 2. The number of rotatable bonds is 5. The van der Waals surface area contributed by atoms with Gasteiger partial charge < -0.3 is 10.4 Å². The average Bonchev–Trinajstić information content (AvgIpc) is 3.00. The van der Waals surface area contributed by atoms with Crippen molar-refractivity contribution in [3.63, 3.8) is 0 Å². The van der Waals surface area contributed by atoms with Gasteiger partial charge in [-0.05, 0) is 49.5 Å². The third-order valence-electron chi connectivity index (χ3n) is 6.74. The molecule has 5 nitrogen and oxygen atoms in total. The first-order valence-electron chi connectivity index (χ1n) is 11.2. The van der Waals surface area contributed by atoms with Gasteiger partial charge in [0.15, 0.2) is 0 Å². The van der Waals surface area contributed by atoms with Gasteiger partial charge in [-0.3, -0.25) is 9.69 Å². The molecule has 2 saturated heterocycles. The van der Waals surface area contributed by atoms with Crippen LogP contribution >= 0.6 is 0 Å². The van der Waals surface area contributed by atoms with Crippen LogP contribution in [0.2, 0.25) is 0 Å². The number of nitrogens with zero attached hydrogens (tertiary/aromatic N) is 1. The zero-order valence-electron chi connectivity index (χ0n) is 18.3. The molecule has 2 aliphatic rings. The van der Waals surface area contributed by atoms with Gasteiger partial charge in [0.2, 0.25) is 5.91 Å². The van der Waals surface area contributed by atoms with Crippen molar-refractivity contribution in [1.82, 2.24) is 10.2 Å². The van der Waals surface area contributed by atoms with Crippen LogP contribution in [0.25, 0.3) is 6.08 Å². The Morgan fingerprint density at radius 3 is 2.69 bits per heavy atom. The van der Waals surface area contributed by atoms with Crippen molar-refractivity contribution < 1.29 is 19.1 Å². The highest BCUT2D eigenvalue weighted by Crippen LogP contribution is 2.46. The van der Waals surface area contributed by atoms with E-state index in [2.05, 4.69) is 17.1 Å². The monoisotopic (exact) mass is 436 g/mol. The molecule has 0 aromatic heterocycles. The van der Waals surface area contributed by atoms with Crippen molar-refractivity contribution >= 4 is 18.0 Å². The van der Waals surface area contributed by atoms with Crippen LogP contribution in [0.3, 0.4) is 0 Å². The topological polar surface area (TPSA) is 69.6 Å². The van der Waals surface area contributed by atoms with Crippen molar-refractivity contribution in [2.45, 2.75) is 63.2 Å². The van der Waals surface area contributed by atoms with Crippen molar-refractivity contribution in [2.24, 2.45) is 0 Å². The highest BCUT2D eigenvalue weighted by molar-refractivity contribution is 5.85. The fourth-order valence-corrected chi connectivity index (χ4v) is 5.23. The molecule has 32 heavy (non-hydrogen) atoms. The Hall–Kier alpha value is -2.99. The molecule has 0 unspecified atom stereocenters. The van der Waals surface area contributed by atoms with Gasteiger partial charge in [0.25, 0.3) is 0 Å². The van der Waals surface area contributed by atoms with Crippen LogP contribution in [0.4, 0.5) is 4.39 Å². The number of halogens is 1. The minimum Gasteiger partial charge on any atom is -0.478 e. The van der Waals surface area contributed by atoms with E-state index in [0.29, 0.717) is 24.9 Å². The summed E-state index contributed by atoms with van der Waals surface area (Å²) in [6.45, 7) is 2.71. The van der Waals surface area contributed by atoms with Crippen LogP contribution < -0.4 is 5.32 Å². The molecule has 2 aliphatic heterocycles. The van der Waals surface area contributed by atoms with Crippen LogP contribution in [-0.2, 0) is 16.1 Å².